The Morgan fingerprint density at radius 3 is 2.40 bits per heavy atom. The van der Waals surface area contributed by atoms with E-state index in [4.69, 9.17) is 15.2 Å². The van der Waals surface area contributed by atoms with Gasteiger partial charge >= 0.3 is 5.69 Å². The van der Waals surface area contributed by atoms with Gasteiger partial charge in [-0.05, 0) is 67.1 Å². The molecule has 1 unspecified atom stereocenters. The van der Waals surface area contributed by atoms with E-state index < -0.39 is 0 Å². The molecule has 0 bridgehead atoms. The summed E-state index contributed by atoms with van der Waals surface area (Å²) in [7, 11) is 1.61. The summed E-state index contributed by atoms with van der Waals surface area (Å²) < 4.78 is 14.4. The van der Waals surface area contributed by atoms with Gasteiger partial charge in [0.1, 0.15) is 28.6 Å². The fourth-order valence-corrected chi connectivity index (χ4v) is 4.51. The summed E-state index contributed by atoms with van der Waals surface area (Å²) in [4.78, 5) is 31.7. The van der Waals surface area contributed by atoms with Gasteiger partial charge in [-0.25, -0.2) is 9.78 Å². The van der Waals surface area contributed by atoms with Crippen molar-refractivity contribution in [2.45, 2.75) is 12.5 Å². The number of imidazole rings is 1. The van der Waals surface area contributed by atoms with Crippen LogP contribution in [0.5, 0.6) is 17.2 Å². The number of carbonyl (C=O) groups is 1. The molecule has 1 amide bonds. The molecule has 9 heteroatoms. The Morgan fingerprint density at radius 2 is 1.74 bits per heavy atom. The molecular weight excluding hydrogens is 446 g/mol. The lowest BCUT2D eigenvalue weighted by Crippen LogP contribution is -2.31. The molecule has 2 aromatic carbocycles. The van der Waals surface area contributed by atoms with Gasteiger partial charge in [0.2, 0.25) is 5.91 Å². The lowest BCUT2D eigenvalue weighted by atomic mass is 10.2. The third kappa shape index (κ3) is 4.01. The number of aromatic nitrogens is 3. The van der Waals surface area contributed by atoms with E-state index in [0.717, 1.165) is 5.75 Å². The van der Waals surface area contributed by atoms with Crippen LogP contribution in [0.15, 0.2) is 78.2 Å². The Hall–Kier alpha value is -4.53. The van der Waals surface area contributed by atoms with Crippen LogP contribution in [0, 0.1) is 0 Å². The summed E-state index contributed by atoms with van der Waals surface area (Å²) in [5, 5.41) is 0. The summed E-state index contributed by atoms with van der Waals surface area (Å²) in [5.74, 6) is 2.15. The van der Waals surface area contributed by atoms with Gasteiger partial charge in [-0.15, -0.1) is 0 Å². The molecule has 1 saturated heterocycles. The van der Waals surface area contributed by atoms with Crippen molar-refractivity contribution in [2.75, 3.05) is 25.9 Å². The molecule has 0 aliphatic carbocycles. The summed E-state index contributed by atoms with van der Waals surface area (Å²) in [6.07, 6.45) is 3.55. The molecule has 1 aliphatic rings. The molecule has 35 heavy (non-hydrogen) atoms. The quantitative estimate of drug-likeness (QED) is 0.432. The lowest BCUT2D eigenvalue weighted by molar-refractivity contribution is -0.125. The molecule has 1 aliphatic heterocycles. The van der Waals surface area contributed by atoms with E-state index in [-0.39, 0.29) is 23.5 Å². The number of benzene rings is 2. The van der Waals surface area contributed by atoms with E-state index in [1.165, 1.54) is 6.08 Å². The van der Waals surface area contributed by atoms with Crippen molar-refractivity contribution in [1.29, 1.82) is 0 Å². The SMILES string of the molecule is C=CC(=O)N1CCC(n2c(=O)n(-c3ccc(Oc4ccc(OC)cc4)cc3)c3c(N)nccc32)C1. The Balaban J connectivity index is 1.51. The van der Waals surface area contributed by atoms with Crippen LogP contribution in [0.3, 0.4) is 0 Å². The minimum absolute atomic E-state index is 0.141. The van der Waals surface area contributed by atoms with Crippen LogP contribution in [0.4, 0.5) is 5.82 Å². The van der Waals surface area contributed by atoms with Crippen molar-refractivity contribution in [3.63, 3.8) is 0 Å². The van der Waals surface area contributed by atoms with E-state index in [1.54, 1.807) is 57.7 Å². The standard InChI is InChI=1S/C26H25N5O4/c1-3-23(32)29-15-13-18(16-29)30-22-12-14-28-25(27)24(22)31(26(30)33)17-4-6-20(7-5-17)35-21-10-8-19(34-2)9-11-21/h3-12,14,18H,1,13,15-16H2,2H3,(H2,27,28). The van der Waals surface area contributed by atoms with E-state index in [0.29, 0.717) is 47.7 Å². The van der Waals surface area contributed by atoms with E-state index in [2.05, 4.69) is 11.6 Å². The fourth-order valence-electron chi connectivity index (χ4n) is 4.51. The van der Waals surface area contributed by atoms with Gasteiger partial charge in [-0.3, -0.25) is 13.9 Å². The molecule has 9 nitrogen and oxygen atoms in total. The number of anilines is 1. The first kappa shape index (κ1) is 22.3. The third-order valence-corrected chi connectivity index (χ3v) is 6.22. The van der Waals surface area contributed by atoms with E-state index in [1.807, 2.05) is 24.3 Å². The first-order chi connectivity index (χ1) is 17.0. The molecule has 2 N–H and O–H groups in total. The fraction of sp³-hybridized carbons (Fsp3) is 0.192. The van der Waals surface area contributed by atoms with Gasteiger partial charge in [0.25, 0.3) is 0 Å². The molecule has 2 aromatic heterocycles. The highest BCUT2D eigenvalue weighted by Gasteiger charge is 2.30. The smallest absolute Gasteiger partial charge is 0.334 e. The van der Waals surface area contributed by atoms with Crippen LogP contribution in [-0.4, -0.2) is 45.1 Å². The zero-order valence-corrected chi connectivity index (χ0v) is 19.3. The van der Waals surface area contributed by atoms with E-state index >= 15 is 0 Å². The molecule has 4 aromatic rings. The van der Waals surface area contributed by atoms with Crippen molar-refractivity contribution < 1.29 is 14.3 Å². The van der Waals surface area contributed by atoms with Crippen molar-refractivity contribution in [1.82, 2.24) is 19.0 Å². The molecule has 3 heterocycles. The second kappa shape index (κ2) is 9.02. The highest BCUT2D eigenvalue weighted by Crippen LogP contribution is 2.30. The highest BCUT2D eigenvalue weighted by atomic mass is 16.5. The predicted molar refractivity (Wildman–Crippen MR) is 133 cm³/mol. The van der Waals surface area contributed by atoms with Crippen molar-refractivity contribution in [2.24, 2.45) is 0 Å². The normalized spacial score (nSPS) is 15.3. The first-order valence-electron chi connectivity index (χ1n) is 11.2. The summed E-state index contributed by atoms with van der Waals surface area (Å²) in [6, 6.07) is 16.1. The van der Waals surface area contributed by atoms with Crippen LogP contribution in [0.2, 0.25) is 0 Å². The number of methoxy groups -OCH3 is 1. The number of ether oxygens (including phenoxy) is 2. The van der Waals surface area contributed by atoms with Gasteiger partial charge in [0.15, 0.2) is 0 Å². The molecule has 178 valence electrons. The second-order valence-corrected chi connectivity index (χ2v) is 8.25. The predicted octanol–water partition coefficient (Wildman–Crippen LogP) is 3.53. The molecular formula is C26H25N5O4. The number of amides is 1. The van der Waals surface area contributed by atoms with Crippen LogP contribution in [0.1, 0.15) is 12.5 Å². The number of hydrogen-bond donors (Lipinski definition) is 1. The van der Waals surface area contributed by atoms with Crippen LogP contribution in [-0.2, 0) is 4.79 Å². The molecule has 0 radical (unpaired) electrons. The Kier molecular flexibility index (Phi) is 5.74. The van der Waals surface area contributed by atoms with Crippen LogP contribution >= 0.6 is 0 Å². The maximum absolute atomic E-state index is 13.7. The minimum atomic E-state index is -0.235. The number of fused-ring (bicyclic) bond motifs is 1. The Bertz CT molecular complexity index is 1450. The summed E-state index contributed by atoms with van der Waals surface area (Å²) in [5.41, 5.74) is 7.85. The number of hydrogen-bond acceptors (Lipinski definition) is 6. The van der Waals surface area contributed by atoms with Gasteiger partial charge in [-0.1, -0.05) is 6.58 Å². The molecule has 0 spiro atoms. The number of nitrogens with zero attached hydrogens (tertiary/aromatic N) is 4. The molecule has 1 atom stereocenters. The number of pyridine rings is 1. The van der Waals surface area contributed by atoms with Crippen molar-refractivity contribution in [3.05, 3.63) is 83.9 Å². The second-order valence-electron chi connectivity index (χ2n) is 8.25. The molecule has 1 fully saturated rings. The van der Waals surface area contributed by atoms with Gasteiger partial charge in [0.05, 0.1) is 24.4 Å². The monoisotopic (exact) mass is 471 g/mol. The Morgan fingerprint density at radius 1 is 1.09 bits per heavy atom. The maximum atomic E-state index is 13.7. The number of likely N-dealkylation sites (tertiary alicyclic amines) is 1. The first-order valence-corrected chi connectivity index (χ1v) is 11.2. The van der Waals surface area contributed by atoms with Crippen molar-refractivity contribution in [3.8, 4) is 22.9 Å². The van der Waals surface area contributed by atoms with Crippen molar-refractivity contribution >= 4 is 22.8 Å². The zero-order chi connectivity index (χ0) is 24.5. The molecule has 0 saturated carbocycles. The zero-order valence-electron chi connectivity index (χ0n) is 19.3. The highest BCUT2D eigenvalue weighted by molar-refractivity contribution is 5.88. The van der Waals surface area contributed by atoms with Gasteiger partial charge in [0, 0.05) is 19.3 Å². The maximum Gasteiger partial charge on any atom is 0.334 e. The summed E-state index contributed by atoms with van der Waals surface area (Å²) >= 11 is 0. The van der Waals surface area contributed by atoms with Crippen LogP contribution in [0.25, 0.3) is 16.7 Å². The number of carbonyl (C=O) groups excluding carboxylic acids is 1. The number of nitrogen functional groups attached to an aromatic ring is 1. The lowest BCUT2D eigenvalue weighted by Gasteiger charge is -2.15. The minimum Gasteiger partial charge on any atom is -0.497 e. The third-order valence-electron chi connectivity index (χ3n) is 6.22. The van der Waals surface area contributed by atoms with Gasteiger partial charge < -0.3 is 20.1 Å². The van der Waals surface area contributed by atoms with E-state index in [9.17, 15) is 9.59 Å². The summed E-state index contributed by atoms with van der Waals surface area (Å²) in [6.45, 7) is 4.56. The van der Waals surface area contributed by atoms with Gasteiger partial charge in [-0.2, -0.15) is 0 Å². The number of rotatable bonds is 6. The molecule has 5 rings (SSSR count). The average molecular weight is 472 g/mol. The Labute approximate surface area is 201 Å². The average Bonchev–Trinajstić information content (AvgIpc) is 3.47. The topological polar surface area (TPSA) is 105 Å². The number of nitrogens with two attached hydrogens (primary N) is 1. The van der Waals surface area contributed by atoms with Crippen LogP contribution < -0.4 is 20.9 Å². The largest absolute Gasteiger partial charge is 0.497 e.